The molecule has 0 aliphatic heterocycles. The van der Waals surface area contributed by atoms with Crippen molar-refractivity contribution in [3.05, 3.63) is 46.9 Å². The first-order valence-electron chi connectivity index (χ1n) is 9.14. The molecule has 0 bridgehead atoms. The van der Waals surface area contributed by atoms with Gasteiger partial charge in [0.15, 0.2) is 0 Å². The molecule has 29 heavy (non-hydrogen) atoms. The largest absolute Gasteiger partial charge is 0.354 e. The van der Waals surface area contributed by atoms with Gasteiger partial charge >= 0.3 is 0 Å². The van der Waals surface area contributed by atoms with Gasteiger partial charge in [-0.25, -0.2) is 18.1 Å². The molecule has 0 saturated heterocycles. The number of benzene rings is 1. The fourth-order valence-corrected chi connectivity index (χ4v) is 3.80. The van der Waals surface area contributed by atoms with Gasteiger partial charge in [0.2, 0.25) is 16.0 Å². The highest BCUT2D eigenvalue weighted by atomic mass is 32.2. The first-order chi connectivity index (χ1) is 13.9. The van der Waals surface area contributed by atoms with E-state index in [1.165, 1.54) is 18.3 Å². The minimum Gasteiger partial charge on any atom is -0.354 e. The zero-order chi connectivity index (χ0) is 20.9. The van der Waals surface area contributed by atoms with Crippen LogP contribution in [0.5, 0.6) is 0 Å². The van der Waals surface area contributed by atoms with Gasteiger partial charge in [-0.05, 0) is 37.2 Å². The van der Waals surface area contributed by atoms with Crippen LogP contribution < -0.4 is 26.6 Å². The lowest BCUT2D eigenvalue weighted by Crippen LogP contribution is -2.23. The lowest BCUT2D eigenvalue weighted by atomic mass is 10.2. The van der Waals surface area contributed by atoms with Gasteiger partial charge in [-0.2, -0.15) is 4.98 Å². The molecule has 10 nitrogen and oxygen atoms in total. The molecule has 6 N–H and O–H groups in total. The van der Waals surface area contributed by atoms with Crippen molar-refractivity contribution in [2.75, 3.05) is 30.3 Å². The zero-order valence-electron chi connectivity index (χ0n) is 15.9. The molecule has 2 heterocycles. The summed E-state index contributed by atoms with van der Waals surface area (Å²) >= 11 is 0. The molecule has 1 aromatic carbocycles. The Kier molecular flexibility index (Phi) is 6.42. The van der Waals surface area contributed by atoms with Gasteiger partial charge < -0.3 is 21.4 Å². The Balaban J connectivity index is 2.02. The summed E-state index contributed by atoms with van der Waals surface area (Å²) in [4.78, 5) is 23.8. The topological polar surface area (TPSA) is 155 Å². The number of aromatic amines is 1. The molecule has 11 heteroatoms. The second-order valence-corrected chi connectivity index (χ2v) is 7.95. The zero-order valence-corrected chi connectivity index (χ0v) is 16.7. The number of nitrogens with two attached hydrogens (primary N) is 1. The predicted octanol–water partition coefficient (Wildman–Crippen LogP) is 1.12. The van der Waals surface area contributed by atoms with Crippen LogP contribution in [0.25, 0.3) is 10.9 Å². The molecule has 0 unspecified atom stereocenters. The van der Waals surface area contributed by atoms with E-state index in [-0.39, 0.29) is 28.2 Å². The monoisotopic (exact) mass is 417 g/mol. The third-order valence-electron chi connectivity index (χ3n) is 4.03. The van der Waals surface area contributed by atoms with Crippen molar-refractivity contribution >= 4 is 38.4 Å². The quantitative estimate of drug-likeness (QED) is 0.324. The molecule has 154 valence electrons. The van der Waals surface area contributed by atoms with Crippen LogP contribution in [0.1, 0.15) is 13.3 Å². The van der Waals surface area contributed by atoms with Crippen molar-refractivity contribution in [1.82, 2.24) is 19.7 Å². The van der Waals surface area contributed by atoms with Crippen LogP contribution in [0.3, 0.4) is 0 Å². The van der Waals surface area contributed by atoms with Gasteiger partial charge in [0, 0.05) is 25.0 Å². The Morgan fingerprint density at radius 1 is 1.21 bits per heavy atom. The summed E-state index contributed by atoms with van der Waals surface area (Å²) in [6.07, 6.45) is 2.25. The first kappa shape index (κ1) is 20.7. The van der Waals surface area contributed by atoms with Gasteiger partial charge in [-0.3, -0.25) is 4.79 Å². The molecular formula is C18H23N7O3S. The van der Waals surface area contributed by atoms with Crippen LogP contribution in [-0.4, -0.2) is 43.0 Å². The fourth-order valence-electron chi connectivity index (χ4n) is 2.71. The predicted molar refractivity (Wildman–Crippen MR) is 113 cm³/mol. The Labute approximate surface area is 168 Å². The number of pyridine rings is 1. The number of rotatable bonds is 9. The summed E-state index contributed by atoms with van der Waals surface area (Å²) < 4.78 is 27.0. The number of fused-ring (bicyclic) bond motifs is 1. The van der Waals surface area contributed by atoms with Crippen LogP contribution in [-0.2, 0) is 10.0 Å². The van der Waals surface area contributed by atoms with Crippen LogP contribution in [0, 0.1) is 0 Å². The van der Waals surface area contributed by atoms with Crippen LogP contribution in [0.4, 0.5) is 17.5 Å². The third-order valence-corrected chi connectivity index (χ3v) is 5.57. The van der Waals surface area contributed by atoms with Crippen molar-refractivity contribution in [2.45, 2.75) is 18.2 Å². The number of aromatic nitrogens is 3. The normalized spacial score (nSPS) is 11.5. The van der Waals surface area contributed by atoms with Crippen molar-refractivity contribution in [3.63, 3.8) is 0 Å². The molecular weight excluding hydrogens is 394 g/mol. The second kappa shape index (κ2) is 8.99. The lowest BCUT2D eigenvalue weighted by Gasteiger charge is -2.12. The van der Waals surface area contributed by atoms with Crippen molar-refractivity contribution < 1.29 is 8.42 Å². The van der Waals surface area contributed by atoms with Crippen LogP contribution in [0.15, 0.2) is 46.2 Å². The maximum absolute atomic E-state index is 12.4. The van der Waals surface area contributed by atoms with E-state index in [1.807, 2.05) is 0 Å². The summed E-state index contributed by atoms with van der Waals surface area (Å²) in [6, 6.07) is 7.94. The summed E-state index contributed by atoms with van der Waals surface area (Å²) in [5.41, 5.74) is 6.09. The molecule has 0 atom stereocenters. The van der Waals surface area contributed by atoms with Crippen molar-refractivity contribution in [1.29, 1.82) is 0 Å². The number of hydrogen-bond acceptors (Lipinski definition) is 8. The van der Waals surface area contributed by atoms with Gasteiger partial charge in [-0.1, -0.05) is 13.0 Å². The van der Waals surface area contributed by atoms with E-state index in [4.69, 9.17) is 5.73 Å². The third kappa shape index (κ3) is 4.88. The molecule has 0 fully saturated rings. The molecule has 3 aromatic rings. The minimum atomic E-state index is -3.61. The average molecular weight is 417 g/mol. The Bertz CT molecular complexity index is 1160. The summed E-state index contributed by atoms with van der Waals surface area (Å²) in [5, 5.41) is 6.40. The molecule has 2 aromatic heterocycles. The van der Waals surface area contributed by atoms with E-state index in [1.54, 1.807) is 25.1 Å². The molecule has 0 radical (unpaired) electrons. The van der Waals surface area contributed by atoms with Crippen molar-refractivity contribution in [3.8, 4) is 0 Å². The molecule has 0 aliphatic carbocycles. The van der Waals surface area contributed by atoms with E-state index in [2.05, 4.69) is 30.3 Å². The Morgan fingerprint density at radius 3 is 2.79 bits per heavy atom. The SMILES string of the molecule is CCNS(=O)(=O)c1cccc(Nc2nc(NCCCN)nc3cc[nH]c(=O)c23)c1. The summed E-state index contributed by atoms with van der Waals surface area (Å²) in [5.74, 6) is 0.612. The maximum Gasteiger partial charge on any atom is 0.261 e. The van der Waals surface area contributed by atoms with E-state index < -0.39 is 10.0 Å². The van der Waals surface area contributed by atoms with E-state index in [0.29, 0.717) is 30.2 Å². The Morgan fingerprint density at radius 2 is 2.03 bits per heavy atom. The van der Waals surface area contributed by atoms with Gasteiger partial charge in [0.1, 0.15) is 11.2 Å². The van der Waals surface area contributed by atoms with Crippen LogP contribution >= 0.6 is 0 Å². The van der Waals surface area contributed by atoms with Gasteiger partial charge in [0.05, 0.1) is 10.4 Å². The van der Waals surface area contributed by atoms with E-state index >= 15 is 0 Å². The minimum absolute atomic E-state index is 0.109. The highest BCUT2D eigenvalue weighted by Gasteiger charge is 2.15. The van der Waals surface area contributed by atoms with E-state index in [0.717, 1.165) is 6.42 Å². The molecule has 0 saturated carbocycles. The number of sulfonamides is 1. The number of anilines is 3. The highest BCUT2D eigenvalue weighted by molar-refractivity contribution is 7.89. The highest BCUT2D eigenvalue weighted by Crippen LogP contribution is 2.24. The molecule has 0 amide bonds. The number of nitrogens with zero attached hydrogens (tertiary/aromatic N) is 2. The first-order valence-corrected chi connectivity index (χ1v) is 10.6. The molecule has 3 rings (SSSR count). The number of nitrogens with one attached hydrogen (secondary N) is 4. The smallest absolute Gasteiger partial charge is 0.261 e. The Hall–Kier alpha value is -3.02. The number of hydrogen-bond donors (Lipinski definition) is 5. The fraction of sp³-hybridized carbons (Fsp3) is 0.278. The molecule has 0 spiro atoms. The molecule has 0 aliphatic rings. The van der Waals surface area contributed by atoms with Crippen molar-refractivity contribution in [2.24, 2.45) is 5.73 Å². The maximum atomic E-state index is 12.4. The van der Waals surface area contributed by atoms with Gasteiger partial charge in [-0.15, -0.1) is 0 Å². The second-order valence-electron chi connectivity index (χ2n) is 6.19. The van der Waals surface area contributed by atoms with Crippen LogP contribution in [0.2, 0.25) is 0 Å². The lowest BCUT2D eigenvalue weighted by molar-refractivity contribution is 0.584. The standard InChI is InChI=1S/C18H23N7O3S/c1-2-22-29(27,28)13-6-3-5-12(11-13)23-16-15-14(7-10-20-17(15)26)24-18(25-16)21-9-4-8-19/h3,5-7,10-11,22H,2,4,8-9,19H2,1H3,(H,20,26)(H2,21,23,24,25). The van der Waals surface area contributed by atoms with Gasteiger partial charge in [0.25, 0.3) is 5.56 Å². The summed E-state index contributed by atoms with van der Waals surface area (Å²) in [6.45, 7) is 3.10. The van der Waals surface area contributed by atoms with E-state index in [9.17, 15) is 13.2 Å². The summed E-state index contributed by atoms with van der Waals surface area (Å²) in [7, 11) is -3.61. The average Bonchev–Trinajstić information content (AvgIpc) is 2.68. The number of H-pyrrole nitrogens is 1.